The van der Waals surface area contributed by atoms with Crippen LogP contribution in [0.25, 0.3) is 33.1 Å². The van der Waals surface area contributed by atoms with E-state index >= 15 is 0 Å². The topological polar surface area (TPSA) is 73.6 Å². The zero-order valence-electron chi connectivity index (χ0n) is 15.8. The lowest BCUT2D eigenvalue weighted by atomic mass is 10.1. The van der Waals surface area contributed by atoms with Crippen molar-refractivity contribution in [1.82, 2.24) is 24.7 Å². The lowest BCUT2D eigenvalue weighted by Gasteiger charge is -2.05. The molecule has 4 heterocycles. The first-order chi connectivity index (χ1) is 14.2. The molecule has 4 aromatic heterocycles. The minimum Gasteiger partial charge on any atom is -0.294 e. The summed E-state index contributed by atoms with van der Waals surface area (Å²) in [6.07, 6.45) is 7.30. The summed E-state index contributed by atoms with van der Waals surface area (Å²) in [5, 5.41) is 6.08. The van der Waals surface area contributed by atoms with E-state index in [0.717, 1.165) is 33.1 Å². The second-order valence-electron chi connectivity index (χ2n) is 6.98. The molecule has 6 heteroatoms. The van der Waals surface area contributed by atoms with Crippen molar-refractivity contribution in [2.75, 3.05) is 0 Å². The number of rotatable bonds is 4. The Balaban J connectivity index is 1.45. The summed E-state index contributed by atoms with van der Waals surface area (Å²) >= 11 is 0. The summed E-state index contributed by atoms with van der Waals surface area (Å²) in [5.41, 5.74) is 4.74. The summed E-state index contributed by atoms with van der Waals surface area (Å²) in [5.74, 6) is -0.0153. The van der Waals surface area contributed by atoms with E-state index in [2.05, 4.69) is 15.1 Å². The molecule has 0 spiro atoms. The van der Waals surface area contributed by atoms with Gasteiger partial charge in [0.2, 0.25) is 0 Å². The monoisotopic (exact) mass is 379 g/mol. The summed E-state index contributed by atoms with van der Waals surface area (Å²) in [4.78, 5) is 26.3. The average molecular weight is 379 g/mol. The maximum absolute atomic E-state index is 12.8. The van der Waals surface area contributed by atoms with E-state index in [9.17, 15) is 4.79 Å². The Bertz CT molecular complexity index is 1370. The normalized spacial score (nSPS) is 11.2. The van der Waals surface area contributed by atoms with Crippen LogP contribution in [-0.4, -0.2) is 30.5 Å². The Hall–Kier alpha value is -3.93. The SMILES string of the molecule is Cn1cc(-c2ccc3cnc(CC(=O)c4cnc5ccccc5c4)cc3n2)cn1. The Morgan fingerprint density at radius 2 is 1.83 bits per heavy atom. The number of carbonyl (C=O) groups excluding carboxylic acids is 1. The minimum atomic E-state index is -0.0153. The molecule has 6 nitrogen and oxygen atoms in total. The Morgan fingerprint density at radius 3 is 2.69 bits per heavy atom. The van der Waals surface area contributed by atoms with E-state index in [-0.39, 0.29) is 12.2 Å². The highest BCUT2D eigenvalue weighted by Crippen LogP contribution is 2.21. The Kier molecular flexibility index (Phi) is 4.09. The molecule has 0 radical (unpaired) electrons. The molecule has 1 aromatic carbocycles. The smallest absolute Gasteiger partial charge is 0.170 e. The summed E-state index contributed by atoms with van der Waals surface area (Å²) in [7, 11) is 1.87. The van der Waals surface area contributed by atoms with Gasteiger partial charge >= 0.3 is 0 Å². The maximum Gasteiger partial charge on any atom is 0.170 e. The van der Waals surface area contributed by atoms with E-state index in [1.165, 1.54) is 0 Å². The van der Waals surface area contributed by atoms with Crippen LogP contribution in [0.5, 0.6) is 0 Å². The third-order valence-electron chi connectivity index (χ3n) is 4.88. The van der Waals surface area contributed by atoms with E-state index in [0.29, 0.717) is 11.3 Å². The third-order valence-corrected chi connectivity index (χ3v) is 4.88. The molecule has 0 amide bonds. The molecule has 0 bridgehead atoms. The van der Waals surface area contributed by atoms with E-state index in [1.54, 1.807) is 23.3 Å². The molecule has 0 aliphatic rings. The molecule has 0 unspecified atom stereocenters. The number of ketones is 1. The van der Waals surface area contributed by atoms with Gasteiger partial charge in [0, 0.05) is 47.5 Å². The molecule has 0 aliphatic carbocycles. The van der Waals surface area contributed by atoms with Crippen LogP contribution in [0.3, 0.4) is 0 Å². The second kappa shape index (κ2) is 6.91. The lowest BCUT2D eigenvalue weighted by molar-refractivity contribution is 0.0992. The molecule has 5 aromatic rings. The highest BCUT2D eigenvalue weighted by atomic mass is 16.1. The number of pyridine rings is 3. The number of aryl methyl sites for hydroxylation is 1. The van der Waals surface area contributed by atoms with Crippen LogP contribution in [0.15, 0.2) is 73.3 Å². The van der Waals surface area contributed by atoms with Crippen LogP contribution >= 0.6 is 0 Å². The minimum absolute atomic E-state index is 0.0153. The van der Waals surface area contributed by atoms with Crippen LogP contribution in [-0.2, 0) is 13.5 Å². The standard InChI is InChI=1S/C23H17N5O/c1-28-14-18(13-26-28)21-7-6-16-11-24-19(9-22(16)27-21)10-23(29)17-8-15-4-2-3-5-20(15)25-12-17/h2-9,11-14H,10H2,1H3. The first-order valence-electron chi connectivity index (χ1n) is 9.28. The number of carbonyl (C=O) groups is 1. The number of aromatic nitrogens is 5. The molecule has 0 atom stereocenters. The van der Waals surface area contributed by atoms with Gasteiger partial charge in [-0.25, -0.2) is 4.98 Å². The number of para-hydroxylation sites is 1. The third kappa shape index (κ3) is 3.36. The van der Waals surface area contributed by atoms with Crippen molar-refractivity contribution in [3.8, 4) is 11.3 Å². The number of nitrogens with zero attached hydrogens (tertiary/aromatic N) is 5. The van der Waals surface area contributed by atoms with Crippen LogP contribution in [0.4, 0.5) is 0 Å². The Morgan fingerprint density at radius 1 is 0.931 bits per heavy atom. The molecular weight excluding hydrogens is 362 g/mol. The average Bonchev–Trinajstić information content (AvgIpc) is 3.19. The molecule has 140 valence electrons. The summed E-state index contributed by atoms with van der Waals surface area (Å²) < 4.78 is 1.75. The Labute approximate surface area is 166 Å². The summed E-state index contributed by atoms with van der Waals surface area (Å²) in [6, 6.07) is 15.4. The van der Waals surface area contributed by atoms with E-state index in [1.807, 2.05) is 61.8 Å². The van der Waals surface area contributed by atoms with Crippen LogP contribution in [0.1, 0.15) is 16.1 Å². The number of Topliss-reactive ketones (excluding diaryl/α,β-unsaturated/α-hetero) is 1. The van der Waals surface area contributed by atoms with Gasteiger partial charge in [-0.3, -0.25) is 19.4 Å². The fourth-order valence-electron chi connectivity index (χ4n) is 3.36. The highest BCUT2D eigenvalue weighted by Gasteiger charge is 2.11. The van der Waals surface area contributed by atoms with Crippen molar-refractivity contribution >= 4 is 27.6 Å². The van der Waals surface area contributed by atoms with E-state index in [4.69, 9.17) is 4.98 Å². The molecule has 0 saturated heterocycles. The largest absolute Gasteiger partial charge is 0.294 e. The number of hydrogen-bond donors (Lipinski definition) is 0. The predicted molar refractivity (Wildman–Crippen MR) is 112 cm³/mol. The van der Waals surface area contributed by atoms with Crippen molar-refractivity contribution in [3.63, 3.8) is 0 Å². The number of fused-ring (bicyclic) bond motifs is 2. The fraction of sp³-hybridized carbons (Fsp3) is 0.0870. The van der Waals surface area contributed by atoms with Crippen LogP contribution < -0.4 is 0 Å². The van der Waals surface area contributed by atoms with Gasteiger partial charge in [-0.2, -0.15) is 5.10 Å². The second-order valence-corrected chi connectivity index (χ2v) is 6.98. The van der Waals surface area contributed by atoms with Crippen molar-refractivity contribution in [2.24, 2.45) is 7.05 Å². The predicted octanol–water partition coefficient (Wildman–Crippen LogP) is 4.00. The lowest BCUT2D eigenvalue weighted by Crippen LogP contribution is -2.06. The molecule has 0 aliphatic heterocycles. The van der Waals surface area contributed by atoms with Gasteiger partial charge in [0.05, 0.1) is 35.0 Å². The molecule has 29 heavy (non-hydrogen) atoms. The van der Waals surface area contributed by atoms with Gasteiger partial charge < -0.3 is 0 Å². The van der Waals surface area contributed by atoms with Gasteiger partial charge in [-0.1, -0.05) is 18.2 Å². The zero-order valence-corrected chi connectivity index (χ0v) is 15.8. The quantitative estimate of drug-likeness (QED) is 0.441. The molecule has 5 rings (SSSR count). The van der Waals surface area contributed by atoms with Crippen LogP contribution in [0, 0.1) is 0 Å². The highest BCUT2D eigenvalue weighted by molar-refractivity contribution is 6.00. The van der Waals surface area contributed by atoms with E-state index < -0.39 is 0 Å². The van der Waals surface area contributed by atoms with Gasteiger partial charge in [0.1, 0.15) is 0 Å². The molecule has 0 fully saturated rings. The van der Waals surface area contributed by atoms with Crippen molar-refractivity contribution < 1.29 is 4.79 Å². The maximum atomic E-state index is 12.8. The zero-order chi connectivity index (χ0) is 19.8. The fourth-order valence-corrected chi connectivity index (χ4v) is 3.36. The van der Waals surface area contributed by atoms with Crippen molar-refractivity contribution in [1.29, 1.82) is 0 Å². The van der Waals surface area contributed by atoms with Crippen LogP contribution in [0.2, 0.25) is 0 Å². The first kappa shape index (κ1) is 17.2. The first-order valence-corrected chi connectivity index (χ1v) is 9.28. The molecular formula is C23H17N5O. The number of hydrogen-bond acceptors (Lipinski definition) is 5. The van der Waals surface area contributed by atoms with Gasteiger partial charge in [0.15, 0.2) is 5.78 Å². The van der Waals surface area contributed by atoms with Gasteiger partial charge in [-0.15, -0.1) is 0 Å². The van der Waals surface area contributed by atoms with Gasteiger partial charge in [-0.05, 0) is 30.3 Å². The summed E-state index contributed by atoms with van der Waals surface area (Å²) in [6.45, 7) is 0. The van der Waals surface area contributed by atoms with Crippen molar-refractivity contribution in [3.05, 3.63) is 84.6 Å². The molecule has 0 N–H and O–H groups in total. The van der Waals surface area contributed by atoms with Crippen molar-refractivity contribution in [2.45, 2.75) is 6.42 Å². The van der Waals surface area contributed by atoms with Gasteiger partial charge in [0.25, 0.3) is 0 Å². The number of benzene rings is 1. The molecule has 0 saturated carbocycles.